The molecule has 1 aromatic rings. The Bertz CT molecular complexity index is 371. The van der Waals surface area contributed by atoms with E-state index in [4.69, 9.17) is 0 Å². The number of rotatable bonds is 8. The highest BCUT2D eigenvalue weighted by atomic mass is 16.1. The molecule has 0 fully saturated rings. The van der Waals surface area contributed by atoms with Gasteiger partial charge in [-0.15, -0.1) is 0 Å². The lowest BCUT2D eigenvalue weighted by Gasteiger charge is -2.20. The van der Waals surface area contributed by atoms with Crippen LogP contribution in [-0.2, 0) is 7.05 Å². The van der Waals surface area contributed by atoms with Gasteiger partial charge in [0, 0.05) is 13.2 Å². The second-order valence-corrected chi connectivity index (χ2v) is 4.95. The summed E-state index contributed by atoms with van der Waals surface area (Å²) < 4.78 is 1.88. The average Bonchev–Trinajstić information content (AvgIpc) is 2.73. The minimum absolute atomic E-state index is 0.203. The van der Waals surface area contributed by atoms with Crippen LogP contribution in [0.15, 0.2) is 18.3 Å². The minimum atomic E-state index is 0.203. The Hall–Kier alpha value is -1.13. The summed E-state index contributed by atoms with van der Waals surface area (Å²) in [4.78, 5) is 16.5. The molecule has 0 amide bonds. The molecular weight excluding hydrogens is 226 g/mol. The molecule has 0 bridgehead atoms. The highest BCUT2D eigenvalue weighted by molar-refractivity contribution is 5.96. The fourth-order valence-corrected chi connectivity index (χ4v) is 1.99. The van der Waals surface area contributed by atoms with Gasteiger partial charge < -0.3 is 9.47 Å². The highest BCUT2D eigenvalue weighted by Crippen LogP contribution is 2.03. The number of hydrogen-bond donors (Lipinski definition) is 0. The summed E-state index contributed by atoms with van der Waals surface area (Å²) in [6.45, 7) is 5.58. The summed E-state index contributed by atoms with van der Waals surface area (Å²) in [6, 6.07) is 3.80. The van der Waals surface area contributed by atoms with Gasteiger partial charge in [0.05, 0.1) is 12.2 Å². The number of carbonyl (C=O) groups is 1. The Labute approximate surface area is 110 Å². The predicted octanol–water partition coefficient (Wildman–Crippen LogP) is 1.48. The lowest BCUT2D eigenvalue weighted by Crippen LogP contribution is -2.32. The Kier molecular flexibility index (Phi) is 6.09. The van der Waals surface area contributed by atoms with Crippen molar-refractivity contribution in [1.82, 2.24) is 14.4 Å². The van der Waals surface area contributed by atoms with Crippen LogP contribution in [0.3, 0.4) is 0 Å². The molecule has 0 aliphatic carbocycles. The number of aryl methyl sites for hydroxylation is 1. The van der Waals surface area contributed by atoms with E-state index in [1.807, 2.05) is 29.9 Å². The van der Waals surface area contributed by atoms with Gasteiger partial charge in [-0.3, -0.25) is 9.69 Å². The number of aromatic nitrogens is 1. The molecule has 4 heteroatoms. The second-order valence-electron chi connectivity index (χ2n) is 4.95. The summed E-state index contributed by atoms with van der Waals surface area (Å²) in [7, 11) is 6.06. The monoisotopic (exact) mass is 251 g/mol. The van der Waals surface area contributed by atoms with Gasteiger partial charge in [0.1, 0.15) is 0 Å². The van der Waals surface area contributed by atoms with Crippen molar-refractivity contribution < 1.29 is 4.79 Å². The van der Waals surface area contributed by atoms with Gasteiger partial charge in [-0.25, -0.2) is 0 Å². The van der Waals surface area contributed by atoms with E-state index in [1.165, 1.54) is 0 Å². The smallest absolute Gasteiger partial charge is 0.193 e. The molecule has 102 valence electrons. The van der Waals surface area contributed by atoms with Crippen LogP contribution < -0.4 is 0 Å². The molecule has 0 aliphatic rings. The van der Waals surface area contributed by atoms with E-state index in [1.54, 1.807) is 0 Å². The molecule has 0 atom stereocenters. The van der Waals surface area contributed by atoms with Crippen molar-refractivity contribution >= 4 is 5.78 Å². The molecule has 1 rings (SSSR count). The van der Waals surface area contributed by atoms with Crippen molar-refractivity contribution in [3.8, 4) is 0 Å². The largest absolute Gasteiger partial charge is 0.348 e. The molecule has 0 N–H and O–H groups in total. The third-order valence-corrected chi connectivity index (χ3v) is 3.12. The zero-order valence-corrected chi connectivity index (χ0v) is 12.0. The van der Waals surface area contributed by atoms with Gasteiger partial charge in [0.2, 0.25) is 0 Å². The summed E-state index contributed by atoms with van der Waals surface area (Å²) in [5.41, 5.74) is 0.793. The molecule has 1 aromatic heterocycles. The van der Waals surface area contributed by atoms with Gasteiger partial charge in [0.25, 0.3) is 0 Å². The maximum atomic E-state index is 12.1. The van der Waals surface area contributed by atoms with E-state index in [0.717, 1.165) is 31.7 Å². The van der Waals surface area contributed by atoms with Crippen LogP contribution in [0.2, 0.25) is 0 Å². The standard InChI is InChI=1S/C14H25N3O/c1-5-17(11-7-9-15(2)3)12-14(18)13-8-6-10-16(13)4/h6,8,10H,5,7,9,11-12H2,1-4H3. The van der Waals surface area contributed by atoms with Crippen LogP contribution >= 0.6 is 0 Å². The summed E-state index contributed by atoms with van der Waals surface area (Å²) >= 11 is 0. The molecule has 0 saturated heterocycles. The first-order valence-corrected chi connectivity index (χ1v) is 6.56. The molecule has 1 heterocycles. The fraction of sp³-hybridized carbons (Fsp3) is 0.643. The molecule has 0 saturated carbocycles. The van der Waals surface area contributed by atoms with Crippen molar-refractivity contribution in [2.24, 2.45) is 7.05 Å². The number of hydrogen-bond acceptors (Lipinski definition) is 3. The Morgan fingerprint density at radius 2 is 2.06 bits per heavy atom. The van der Waals surface area contributed by atoms with Crippen molar-refractivity contribution in [3.63, 3.8) is 0 Å². The average molecular weight is 251 g/mol. The minimum Gasteiger partial charge on any atom is -0.348 e. The van der Waals surface area contributed by atoms with Crippen LogP contribution in [0.1, 0.15) is 23.8 Å². The molecule has 4 nitrogen and oxygen atoms in total. The highest BCUT2D eigenvalue weighted by Gasteiger charge is 2.13. The zero-order valence-electron chi connectivity index (χ0n) is 12.0. The number of ketones is 1. The van der Waals surface area contributed by atoms with Crippen LogP contribution in [0, 0.1) is 0 Å². The molecule has 18 heavy (non-hydrogen) atoms. The number of carbonyl (C=O) groups excluding carboxylic acids is 1. The molecule has 0 unspecified atom stereocenters. The van der Waals surface area contributed by atoms with Crippen LogP contribution in [0.4, 0.5) is 0 Å². The maximum absolute atomic E-state index is 12.1. The van der Waals surface area contributed by atoms with Crippen LogP contribution in [-0.4, -0.2) is 60.4 Å². The third kappa shape index (κ3) is 4.63. The van der Waals surface area contributed by atoms with Crippen molar-refractivity contribution in [1.29, 1.82) is 0 Å². The number of nitrogens with zero attached hydrogens (tertiary/aromatic N) is 3. The summed E-state index contributed by atoms with van der Waals surface area (Å²) in [6.07, 6.45) is 3.01. The lowest BCUT2D eigenvalue weighted by atomic mass is 10.2. The number of likely N-dealkylation sites (N-methyl/N-ethyl adjacent to an activating group) is 1. The molecule has 0 radical (unpaired) electrons. The first kappa shape index (κ1) is 14.9. The van der Waals surface area contributed by atoms with Gasteiger partial charge in [-0.1, -0.05) is 6.92 Å². The van der Waals surface area contributed by atoms with E-state index in [-0.39, 0.29) is 5.78 Å². The third-order valence-electron chi connectivity index (χ3n) is 3.12. The molecular formula is C14H25N3O. The summed E-state index contributed by atoms with van der Waals surface area (Å²) in [5.74, 6) is 0.203. The van der Waals surface area contributed by atoms with Crippen molar-refractivity contribution in [3.05, 3.63) is 24.0 Å². The van der Waals surface area contributed by atoms with Crippen molar-refractivity contribution in [2.45, 2.75) is 13.3 Å². The van der Waals surface area contributed by atoms with Gasteiger partial charge in [0.15, 0.2) is 5.78 Å². The molecule has 0 aromatic carbocycles. The second kappa shape index (κ2) is 7.34. The predicted molar refractivity (Wildman–Crippen MR) is 75.0 cm³/mol. The van der Waals surface area contributed by atoms with Gasteiger partial charge >= 0.3 is 0 Å². The first-order chi connectivity index (χ1) is 8.54. The van der Waals surface area contributed by atoms with E-state index in [9.17, 15) is 4.79 Å². The quantitative estimate of drug-likeness (QED) is 0.655. The topological polar surface area (TPSA) is 28.5 Å². The molecule has 0 spiro atoms. The van der Waals surface area contributed by atoms with Crippen LogP contribution in [0.25, 0.3) is 0 Å². The maximum Gasteiger partial charge on any atom is 0.193 e. The lowest BCUT2D eigenvalue weighted by molar-refractivity contribution is 0.0924. The fourth-order valence-electron chi connectivity index (χ4n) is 1.99. The number of Topliss-reactive ketones (excluding diaryl/α,β-unsaturated/α-hetero) is 1. The van der Waals surface area contributed by atoms with Gasteiger partial charge in [-0.2, -0.15) is 0 Å². The van der Waals surface area contributed by atoms with E-state index >= 15 is 0 Å². The Balaban J connectivity index is 2.43. The van der Waals surface area contributed by atoms with Gasteiger partial charge in [-0.05, 0) is 52.3 Å². The van der Waals surface area contributed by atoms with E-state index in [0.29, 0.717) is 6.54 Å². The van der Waals surface area contributed by atoms with E-state index in [2.05, 4.69) is 30.8 Å². The Morgan fingerprint density at radius 3 is 2.56 bits per heavy atom. The molecule has 0 aliphatic heterocycles. The van der Waals surface area contributed by atoms with E-state index < -0.39 is 0 Å². The Morgan fingerprint density at radius 1 is 1.33 bits per heavy atom. The summed E-state index contributed by atoms with van der Waals surface area (Å²) in [5, 5.41) is 0. The zero-order chi connectivity index (χ0) is 13.5. The normalized spacial score (nSPS) is 11.4. The SMILES string of the molecule is CCN(CCCN(C)C)CC(=O)c1cccn1C. The van der Waals surface area contributed by atoms with Crippen molar-refractivity contribution in [2.75, 3.05) is 40.3 Å². The first-order valence-electron chi connectivity index (χ1n) is 6.56. The van der Waals surface area contributed by atoms with Crippen LogP contribution in [0.5, 0.6) is 0 Å².